The number of amides is 1. The van der Waals surface area contributed by atoms with Gasteiger partial charge in [-0.2, -0.15) is 0 Å². The first-order valence-electron chi connectivity index (χ1n) is 7.41. The molecule has 0 spiro atoms. The van der Waals surface area contributed by atoms with E-state index in [0.29, 0.717) is 30.0 Å². The maximum Gasteiger partial charge on any atom is 0.326 e. The molecule has 0 radical (unpaired) electrons. The van der Waals surface area contributed by atoms with Gasteiger partial charge in [0.05, 0.1) is 12.3 Å². The number of benzene rings is 1. The van der Waals surface area contributed by atoms with E-state index in [1.165, 1.54) is 6.07 Å². The molecular weight excluding hydrogens is 284 g/mol. The average Bonchev–Trinajstić information content (AvgIpc) is 2.44. The number of rotatable bonds is 8. The zero-order valence-corrected chi connectivity index (χ0v) is 13.3. The molecule has 1 rings (SSSR count). The molecule has 0 bridgehead atoms. The Morgan fingerprint density at radius 2 is 2.05 bits per heavy atom. The van der Waals surface area contributed by atoms with Gasteiger partial charge in [0.15, 0.2) is 0 Å². The van der Waals surface area contributed by atoms with Gasteiger partial charge in [-0.3, -0.25) is 4.79 Å². The van der Waals surface area contributed by atoms with Crippen LogP contribution in [0, 0.1) is 5.92 Å². The number of nitrogen functional groups attached to an aromatic ring is 1. The molecule has 0 saturated heterocycles. The maximum atomic E-state index is 12.1. The first kappa shape index (κ1) is 17.8. The number of hydrogen-bond acceptors (Lipinski definition) is 4. The molecule has 1 atom stereocenters. The van der Waals surface area contributed by atoms with Crippen molar-refractivity contribution in [2.45, 2.75) is 39.7 Å². The third-order valence-electron chi connectivity index (χ3n) is 3.04. The first-order valence-corrected chi connectivity index (χ1v) is 7.41. The lowest BCUT2D eigenvalue weighted by atomic mass is 10.0. The molecule has 1 aromatic rings. The number of hydrogen-bond donors (Lipinski definition) is 3. The summed E-state index contributed by atoms with van der Waals surface area (Å²) in [5.41, 5.74) is 6.52. The SMILES string of the molecule is CCCOc1ccc(C(=O)NC(CC(C)C)C(=O)O)cc1N. The minimum atomic E-state index is -1.04. The summed E-state index contributed by atoms with van der Waals surface area (Å²) >= 11 is 0. The first-order chi connectivity index (χ1) is 10.3. The fourth-order valence-electron chi connectivity index (χ4n) is 1.97. The number of nitrogens with two attached hydrogens (primary N) is 1. The highest BCUT2D eigenvalue weighted by Gasteiger charge is 2.22. The molecule has 0 aliphatic carbocycles. The second kappa shape index (κ2) is 8.26. The van der Waals surface area contributed by atoms with Crippen molar-refractivity contribution >= 4 is 17.6 Å². The Hall–Kier alpha value is -2.24. The number of aliphatic carboxylic acids is 1. The number of ether oxygens (including phenoxy) is 1. The summed E-state index contributed by atoms with van der Waals surface area (Å²) in [6, 6.07) is 3.78. The zero-order valence-electron chi connectivity index (χ0n) is 13.3. The lowest BCUT2D eigenvalue weighted by molar-refractivity contribution is -0.139. The van der Waals surface area contributed by atoms with Gasteiger partial charge < -0.3 is 20.9 Å². The molecule has 0 heterocycles. The fourth-order valence-corrected chi connectivity index (χ4v) is 1.97. The quantitative estimate of drug-likeness (QED) is 0.639. The van der Waals surface area contributed by atoms with Crippen LogP contribution in [0.4, 0.5) is 5.69 Å². The van der Waals surface area contributed by atoms with Crippen molar-refractivity contribution in [1.29, 1.82) is 0 Å². The molecule has 1 unspecified atom stereocenters. The predicted molar refractivity (Wildman–Crippen MR) is 85.0 cm³/mol. The summed E-state index contributed by atoms with van der Waals surface area (Å²) in [5.74, 6) is -0.814. The van der Waals surface area contributed by atoms with Crippen LogP contribution in [-0.2, 0) is 4.79 Å². The smallest absolute Gasteiger partial charge is 0.326 e. The highest BCUT2D eigenvalue weighted by atomic mass is 16.5. The maximum absolute atomic E-state index is 12.1. The van der Waals surface area contributed by atoms with Crippen LogP contribution >= 0.6 is 0 Å². The van der Waals surface area contributed by atoms with Gasteiger partial charge in [0, 0.05) is 5.56 Å². The monoisotopic (exact) mass is 308 g/mol. The van der Waals surface area contributed by atoms with E-state index in [2.05, 4.69) is 5.32 Å². The summed E-state index contributed by atoms with van der Waals surface area (Å²) in [4.78, 5) is 23.3. The van der Waals surface area contributed by atoms with E-state index >= 15 is 0 Å². The molecule has 6 nitrogen and oxygen atoms in total. The minimum Gasteiger partial charge on any atom is -0.491 e. The number of carbonyl (C=O) groups is 2. The Morgan fingerprint density at radius 1 is 1.36 bits per heavy atom. The second-order valence-electron chi connectivity index (χ2n) is 5.59. The molecule has 0 aliphatic heterocycles. The van der Waals surface area contributed by atoms with Gasteiger partial charge in [-0.05, 0) is 37.0 Å². The van der Waals surface area contributed by atoms with Crippen LogP contribution in [0.5, 0.6) is 5.75 Å². The molecule has 4 N–H and O–H groups in total. The Labute approximate surface area is 130 Å². The Bertz CT molecular complexity index is 529. The van der Waals surface area contributed by atoms with Crippen LogP contribution in [0.1, 0.15) is 44.0 Å². The van der Waals surface area contributed by atoms with E-state index in [0.717, 1.165) is 6.42 Å². The minimum absolute atomic E-state index is 0.163. The normalized spacial score (nSPS) is 12.0. The van der Waals surface area contributed by atoms with Gasteiger partial charge >= 0.3 is 5.97 Å². The van der Waals surface area contributed by atoms with E-state index in [-0.39, 0.29) is 5.92 Å². The standard InChI is InChI=1S/C16H24N2O4/c1-4-7-22-14-6-5-11(9-12(14)17)15(19)18-13(16(20)21)8-10(2)3/h5-6,9-10,13H,4,7-8,17H2,1-3H3,(H,18,19)(H,20,21). The average molecular weight is 308 g/mol. The number of carboxylic acid groups (broad SMARTS) is 1. The topological polar surface area (TPSA) is 102 Å². The predicted octanol–water partition coefficient (Wildman–Crippen LogP) is 2.29. The summed E-state index contributed by atoms with van der Waals surface area (Å²) < 4.78 is 5.44. The van der Waals surface area contributed by atoms with Gasteiger partial charge in [0.1, 0.15) is 11.8 Å². The van der Waals surface area contributed by atoms with Gasteiger partial charge in [-0.15, -0.1) is 0 Å². The molecule has 1 aromatic carbocycles. The van der Waals surface area contributed by atoms with Crippen LogP contribution in [0.25, 0.3) is 0 Å². The van der Waals surface area contributed by atoms with Crippen molar-refractivity contribution in [3.05, 3.63) is 23.8 Å². The summed E-state index contributed by atoms with van der Waals surface area (Å²) in [5, 5.41) is 11.7. The Kier molecular flexibility index (Phi) is 6.69. The lowest BCUT2D eigenvalue weighted by Gasteiger charge is -2.17. The molecule has 22 heavy (non-hydrogen) atoms. The van der Waals surface area contributed by atoms with Crippen molar-refractivity contribution in [3.8, 4) is 5.75 Å². The molecule has 6 heteroatoms. The van der Waals surface area contributed by atoms with Crippen molar-refractivity contribution < 1.29 is 19.4 Å². The number of carboxylic acids is 1. The van der Waals surface area contributed by atoms with E-state index in [4.69, 9.17) is 15.6 Å². The highest BCUT2D eigenvalue weighted by Crippen LogP contribution is 2.22. The molecule has 0 aliphatic rings. The van der Waals surface area contributed by atoms with E-state index < -0.39 is 17.9 Å². The van der Waals surface area contributed by atoms with Crippen LogP contribution in [0.15, 0.2) is 18.2 Å². The van der Waals surface area contributed by atoms with Crippen LogP contribution < -0.4 is 15.8 Å². The summed E-state index contributed by atoms with van der Waals surface area (Å²) in [6.07, 6.45) is 1.23. The van der Waals surface area contributed by atoms with E-state index in [9.17, 15) is 9.59 Å². The summed E-state index contributed by atoms with van der Waals surface area (Å²) in [6.45, 7) is 6.34. The molecule has 0 saturated carbocycles. The number of nitrogens with one attached hydrogen (secondary N) is 1. The van der Waals surface area contributed by atoms with Crippen LogP contribution in [-0.4, -0.2) is 29.6 Å². The fraction of sp³-hybridized carbons (Fsp3) is 0.500. The van der Waals surface area contributed by atoms with Crippen LogP contribution in [0.2, 0.25) is 0 Å². The second-order valence-corrected chi connectivity index (χ2v) is 5.59. The number of carbonyl (C=O) groups excluding carboxylic acids is 1. The molecule has 122 valence electrons. The molecular formula is C16H24N2O4. The Morgan fingerprint density at radius 3 is 2.55 bits per heavy atom. The van der Waals surface area contributed by atoms with Gasteiger partial charge in [-0.1, -0.05) is 20.8 Å². The van der Waals surface area contributed by atoms with Gasteiger partial charge in [0.25, 0.3) is 5.91 Å². The molecule has 0 fully saturated rings. The zero-order chi connectivity index (χ0) is 16.7. The van der Waals surface area contributed by atoms with Gasteiger partial charge in [-0.25, -0.2) is 4.79 Å². The Balaban J connectivity index is 2.80. The van der Waals surface area contributed by atoms with Gasteiger partial charge in [0.2, 0.25) is 0 Å². The van der Waals surface area contributed by atoms with Crippen molar-refractivity contribution in [3.63, 3.8) is 0 Å². The van der Waals surface area contributed by atoms with Crippen molar-refractivity contribution in [2.24, 2.45) is 5.92 Å². The summed E-state index contributed by atoms with van der Waals surface area (Å²) in [7, 11) is 0. The van der Waals surface area contributed by atoms with Crippen LogP contribution in [0.3, 0.4) is 0 Å². The molecule has 0 aromatic heterocycles. The van der Waals surface area contributed by atoms with E-state index in [1.807, 2.05) is 20.8 Å². The third kappa shape index (κ3) is 5.27. The van der Waals surface area contributed by atoms with Crippen molar-refractivity contribution in [2.75, 3.05) is 12.3 Å². The van der Waals surface area contributed by atoms with E-state index in [1.54, 1.807) is 12.1 Å². The largest absolute Gasteiger partial charge is 0.491 e. The number of anilines is 1. The van der Waals surface area contributed by atoms with Crippen molar-refractivity contribution in [1.82, 2.24) is 5.32 Å². The highest BCUT2D eigenvalue weighted by molar-refractivity contribution is 5.97. The third-order valence-corrected chi connectivity index (χ3v) is 3.04. The lowest BCUT2D eigenvalue weighted by Crippen LogP contribution is -2.41. The molecule has 1 amide bonds.